The molecule has 1 aliphatic carbocycles. The Bertz CT molecular complexity index is 586. The minimum absolute atomic E-state index is 0.120. The zero-order chi connectivity index (χ0) is 15.7. The molecule has 4 heteroatoms. The summed E-state index contributed by atoms with van der Waals surface area (Å²) < 4.78 is 0. The van der Waals surface area contributed by atoms with Crippen molar-refractivity contribution in [2.75, 3.05) is 0 Å². The molecule has 2 rings (SSSR count). The molecule has 0 radical (unpaired) electrons. The van der Waals surface area contributed by atoms with Crippen molar-refractivity contribution in [3.05, 3.63) is 48.0 Å². The molecule has 1 aromatic carbocycles. The topological polar surface area (TPSA) is 55.4 Å². The average molecular weight is 287 g/mol. The first-order valence-corrected chi connectivity index (χ1v) is 7.02. The number of rotatable bonds is 4. The third kappa shape index (κ3) is 2.96. The number of hydrogen-bond acceptors (Lipinski definition) is 4. The van der Waals surface area contributed by atoms with Crippen molar-refractivity contribution < 1.29 is 14.4 Å². The van der Waals surface area contributed by atoms with E-state index in [0.717, 1.165) is 0 Å². The number of Topliss-reactive ketones (excluding diaryl/α,β-unsaturated/α-hetero) is 2. The van der Waals surface area contributed by atoms with Crippen LogP contribution in [0.25, 0.3) is 0 Å². The Morgan fingerprint density at radius 3 is 2.62 bits per heavy atom. The van der Waals surface area contributed by atoms with Crippen molar-refractivity contribution in [2.24, 2.45) is 0 Å². The predicted molar refractivity (Wildman–Crippen MR) is 80.9 cm³/mol. The fourth-order valence-electron chi connectivity index (χ4n) is 2.47. The van der Waals surface area contributed by atoms with Gasteiger partial charge in [-0.1, -0.05) is 30.3 Å². The zero-order valence-corrected chi connectivity index (χ0v) is 12.7. The van der Waals surface area contributed by atoms with E-state index in [1.54, 1.807) is 24.3 Å². The Hall–Kier alpha value is -1.78. The monoisotopic (exact) mass is 287 g/mol. The molecule has 0 bridgehead atoms. The van der Waals surface area contributed by atoms with Gasteiger partial charge < -0.3 is 0 Å². The van der Waals surface area contributed by atoms with E-state index in [4.69, 9.17) is 4.84 Å². The average Bonchev–Trinajstić information content (AvgIpc) is 2.41. The van der Waals surface area contributed by atoms with Crippen molar-refractivity contribution in [3.8, 4) is 0 Å². The number of hydrogen-bond donors (Lipinski definition) is 1. The Balaban J connectivity index is 2.52. The highest BCUT2D eigenvalue weighted by atomic mass is 16.7. The maximum Gasteiger partial charge on any atom is 0.170 e. The van der Waals surface area contributed by atoms with E-state index < -0.39 is 11.1 Å². The SMILES string of the molecule is C=CCC1(NOC(C)(C)C)C(=O)CC(=O)c2ccccc21. The lowest BCUT2D eigenvalue weighted by Gasteiger charge is -2.38. The van der Waals surface area contributed by atoms with Crippen LogP contribution in [0.15, 0.2) is 36.9 Å². The van der Waals surface area contributed by atoms with Gasteiger partial charge in [0.25, 0.3) is 0 Å². The first-order valence-electron chi connectivity index (χ1n) is 7.02. The lowest BCUT2D eigenvalue weighted by molar-refractivity contribution is -0.147. The van der Waals surface area contributed by atoms with Gasteiger partial charge in [-0.05, 0) is 32.8 Å². The molecule has 1 aliphatic rings. The normalized spacial score (nSPS) is 22.0. The predicted octanol–water partition coefficient (Wildman–Crippen LogP) is 2.93. The van der Waals surface area contributed by atoms with Crippen LogP contribution >= 0.6 is 0 Å². The molecule has 0 amide bonds. The summed E-state index contributed by atoms with van der Waals surface area (Å²) in [6, 6.07) is 7.17. The maximum atomic E-state index is 12.6. The number of carbonyl (C=O) groups is 2. The second-order valence-corrected chi connectivity index (χ2v) is 6.28. The number of hydroxylamine groups is 1. The molecule has 4 nitrogen and oxygen atoms in total. The third-order valence-corrected chi connectivity index (χ3v) is 3.47. The van der Waals surface area contributed by atoms with Gasteiger partial charge in [0.2, 0.25) is 0 Å². The van der Waals surface area contributed by atoms with Gasteiger partial charge in [-0.15, -0.1) is 6.58 Å². The highest BCUT2D eigenvalue weighted by molar-refractivity contribution is 6.16. The van der Waals surface area contributed by atoms with Crippen molar-refractivity contribution >= 4 is 11.6 Å². The lowest BCUT2D eigenvalue weighted by atomic mass is 9.73. The molecule has 0 aliphatic heterocycles. The summed E-state index contributed by atoms with van der Waals surface area (Å²) in [4.78, 5) is 30.3. The molecule has 0 spiro atoms. The van der Waals surface area contributed by atoms with Gasteiger partial charge in [0.1, 0.15) is 5.54 Å². The van der Waals surface area contributed by atoms with E-state index in [2.05, 4.69) is 12.1 Å². The van der Waals surface area contributed by atoms with Gasteiger partial charge in [0.05, 0.1) is 12.0 Å². The summed E-state index contributed by atoms with van der Waals surface area (Å²) in [5, 5.41) is 0. The highest BCUT2D eigenvalue weighted by Gasteiger charge is 2.46. The van der Waals surface area contributed by atoms with Crippen molar-refractivity contribution in [2.45, 2.75) is 44.8 Å². The summed E-state index contributed by atoms with van der Waals surface area (Å²) >= 11 is 0. The summed E-state index contributed by atoms with van der Waals surface area (Å²) in [7, 11) is 0. The molecular weight excluding hydrogens is 266 g/mol. The fraction of sp³-hybridized carbons (Fsp3) is 0.412. The van der Waals surface area contributed by atoms with Gasteiger partial charge in [0, 0.05) is 5.56 Å². The van der Waals surface area contributed by atoms with Gasteiger partial charge in [-0.2, -0.15) is 5.48 Å². The number of ketones is 2. The largest absolute Gasteiger partial charge is 0.297 e. The van der Waals surface area contributed by atoms with Gasteiger partial charge in [-0.25, -0.2) is 0 Å². The summed E-state index contributed by atoms with van der Waals surface area (Å²) in [6.07, 6.45) is 1.92. The maximum absolute atomic E-state index is 12.6. The minimum Gasteiger partial charge on any atom is -0.297 e. The fourth-order valence-corrected chi connectivity index (χ4v) is 2.47. The molecule has 112 valence electrons. The van der Waals surface area contributed by atoms with Crippen LogP contribution in [0.2, 0.25) is 0 Å². The Morgan fingerprint density at radius 2 is 2.00 bits per heavy atom. The molecule has 0 heterocycles. The van der Waals surface area contributed by atoms with Crippen LogP contribution < -0.4 is 5.48 Å². The number of fused-ring (bicyclic) bond motifs is 1. The molecule has 21 heavy (non-hydrogen) atoms. The van der Waals surface area contributed by atoms with Crippen LogP contribution in [0.3, 0.4) is 0 Å². The number of nitrogens with one attached hydrogen (secondary N) is 1. The second-order valence-electron chi connectivity index (χ2n) is 6.28. The molecular formula is C17H21NO3. The number of benzene rings is 1. The minimum atomic E-state index is -1.04. The summed E-state index contributed by atoms with van der Waals surface area (Å²) in [5.74, 6) is -0.330. The Labute approximate surface area is 125 Å². The van der Waals surface area contributed by atoms with E-state index in [1.165, 1.54) is 0 Å². The van der Waals surface area contributed by atoms with E-state index in [1.807, 2.05) is 26.8 Å². The molecule has 0 saturated carbocycles. The quantitative estimate of drug-likeness (QED) is 0.525. The zero-order valence-electron chi connectivity index (χ0n) is 12.7. The second kappa shape index (κ2) is 5.54. The Kier molecular flexibility index (Phi) is 4.12. The van der Waals surface area contributed by atoms with Crippen LogP contribution in [0, 0.1) is 0 Å². The molecule has 1 unspecified atom stereocenters. The highest BCUT2D eigenvalue weighted by Crippen LogP contribution is 2.36. The lowest BCUT2D eigenvalue weighted by Crippen LogP contribution is -2.54. The first-order chi connectivity index (χ1) is 9.80. The molecule has 1 atom stereocenters. The molecule has 0 saturated heterocycles. The van der Waals surface area contributed by atoms with Crippen molar-refractivity contribution in [1.29, 1.82) is 0 Å². The van der Waals surface area contributed by atoms with Gasteiger partial charge >= 0.3 is 0 Å². The van der Waals surface area contributed by atoms with E-state index >= 15 is 0 Å². The Morgan fingerprint density at radius 1 is 1.33 bits per heavy atom. The van der Waals surface area contributed by atoms with Crippen LogP contribution in [0.1, 0.15) is 49.5 Å². The molecule has 0 aromatic heterocycles. The van der Waals surface area contributed by atoms with Crippen molar-refractivity contribution in [1.82, 2.24) is 5.48 Å². The summed E-state index contributed by atoms with van der Waals surface area (Å²) in [6.45, 7) is 9.42. The van der Waals surface area contributed by atoms with Gasteiger partial charge in [0.15, 0.2) is 11.6 Å². The smallest absolute Gasteiger partial charge is 0.170 e. The van der Waals surface area contributed by atoms with Crippen LogP contribution in [-0.4, -0.2) is 17.2 Å². The number of carbonyl (C=O) groups excluding carboxylic acids is 2. The van der Waals surface area contributed by atoms with Crippen LogP contribution in [0.4, 0.5) is 0 Å². The molecule has 0 fully saturated rings. The molecule has 1 aromatic rings. The molecule has 1 N–H and O–H groups in total. The van der Waals surface area contributed by atoms with Crippen LogP contribution in [-0.2, 0) is 15.2 Å². The summed E-state index contributed by atoms with van der Waals surface area (Å²) in [5.41, 5.74) is 2.67. The van der Waals surface area contributed by atoms with Crippen LogP contribution in [0.5, 0.6) is 0 Å². The van der Waals surface area contributed by atoms with E-state index in [-0.39, 0.29) is 18.0 Å². The van der Waals surface area contributed by atoms with E-state index in [0.29, 0.717) is 17.5 Å². The standard InChI is InChI=1S/C17H21NO3/c1-5-10-17(18-21-16(2,3)4)13-9-7-6-8-12(13)14(19)11-15(17)20/h5-9,18H,1,10-11H2,2-4H3. The van der Waals surface area contributed by atoms with E-state index in [9.17, 15) is 9.59 Å². The first kappa shape index (κ1) is 15.6. The van der Waals surface area contributed by atoms with Crippen molar-refractivity contribution in [3.63, 3.8) is 0 Å². The third-order valence-electron chi connectivity index (χ3n) is 3.47. The van der Waals surface area contributed by atoms with Gasteiger partial charge in [-0.3, -0.25) is 14.4 Å².